The molecular formula is C25H25ClN8O7S2. The third kappa shape index (κ3) is 5.46. The Morgan fingerprint density at radius 1 is 1.40 bits per heavy atom. The molecule has 2 aliphatic heterocycles. The van der Waals surface area contributed by atoms with Crippen LogP contribution in [0.5, 0.6) is 0 Å². The lowest BCUT2D eigenvalue weighted by Gasteiger charge is -2.50. The third-order valence-corrected chi connectivity index (χ3v) is 9.30. The first-order valence-electron chi connectivity index (χ1n) is 12.8. The summed E-state index contributed by atoms with van der Waals surface area (Å²) in [7, 11) is 0. The molecular weight excluding hydrogens is 624 g/mol. The van der Waals surface area contributed by atoms with Gasteiger partial charge in [0.05, 0.1) is 17.7 Å². The Balaban J connectivity index is 1.40. The highest BCUT2D eigenvalue weighted by Gasteiger charge is 2.53. The number of carbonyl (C=O) groups is 4. The first kappa shape index (κ1) is 30.1. The number of nitrogens with zero attached hydrogens (tertiary/aromatic N) is 5. The molecule has 1 saturated heterocycles. The van der Waals surface area contributed by atoms with Crippen molar-refractivity contribution < 1.29 is 38.8 Å². The lowest BCUT2D eigenvalue weighted by atomic mass is 10.0. The van der Waals surface area contributed by atoms with E-state index < -0.39 is 47.0 Å². The van der Waals surface area contributed by atoms with E-state index in [-0.39, 0.29) is 33.2 Å². The molecule has 0 aliphatic carbocycles. The number of carbonyl (C=O) groups excluding carboxylic acids is 3. The van der Waals surface area contributed by atoms with Gasteiger partial charge in [0.2, 0.25) is 11.6 Å². The van der Waals surface area contributed by atoms with E-state index >= 15 is 0 Å². The van der Waals surface area contributed by atoms with Crippen LogP contribution in [0, 0.1) is 0 Å². The van der Waals surface area contributed by atoms with Crippen LogP contribution in [0.2, 0.25) is 4.34 Å². The first-order valence-corrected chi connectivity index (χ1v) is 15.0. The number of aryl methyl sites for hydroxylation is 1. The molecule has 0 radical (unpaired) electrons. The summed E-state index contributed by atoms with van der Waals surface area (Å²) >= 11 is 8.26. The van der Waals surface area contributed by atoms with Crippen LogP contribution in [0.15, 0.2) is 40.8 Å². The fraction of sp³-hybridized carbons (Fsp3) is 0.320. The molecule has 226 valence electrons. The number of fused-ring (bicyclic) bond motifs is 2. The third-order valence-electron chi connectivity index (χ3n) is 6.88. The number of aromatic nitrogens is 3. The van der Waals surface area contributed by atoms with Gasteiger partial charge >= 0.3 is 5.97 Å². The highest BCUT2D eigenvalue weighted by molar-refractivity contribution is 8.00. The predicted octanol–water partition coefficient (Wildman–Crippen LogP) is -0.479. The van der Waals surface area contributed by atoms with E-state index in [0.717, 1.165) is 27.3 Å². The van der Waals surface area contributed by atoms with Gasteiger partial charge in [0.15, 0.2) is 23.6 Å². The second kappa shape index (κ2) is 11.7. The van der Waals surface area contributed by atoms with Gasteiger partial charge in [0.25, 0.3) is 11.8 Å². The van der Waals surface area contributed by atoms with Crippen LogP contribution in [0.3, 0.4) is 0 Å². The number of β-lactam (4-membered cyclic amide) rings is 1. The molecule has 1 fully saturated rings. The smallest absolute Gasteiger partial charge is 0.347 e. The standard InChI is InChI=1S/C25H25ClN8O7S2/c1-3-33-12-5-4-6-32(13(12)7-14(33)27)8-11-9-42-22-17(21(36)34(22)18(11)24(39)40)29-20(35)16(31-41-10(2)23(37)38)15-19(26)43-25(28)30-15/h4-7,10,17,22,27H,3,8-9H2,1-2H3,(H5,28,29,30,35,37,38,39,40)/b31-16-/t10-,17+,22?/m0/s1. The average molecular weight is 649 g/mol. The van der Waals surface area contributed by atoms with E-state index in [1.807, 2.05) is 28.2 Å². The van der Waals surface area contributed by atoms with Crippen LogP contribution in [0.1, 0.15) is 19.5 Å². The molecule has 0 bridgehead atoms. The number of carboxylic acids is 2. The normalized spacial score (nSPS) is 19.2. The summed E-state index contributed by atoms with van der Waals surface area (Å²) in [6.45, 7) is 3.97. The summed E-state index contributed by atoms with van der Waals surface area (Å²) in [6, 6.07) is 4.41. The molecule has 1 unspecified atom stereocenters. The molecule has 5 heterocycles. The molecule has 18 heteroatoms. The van der Waals surface area contributed by atoms with E-state index in [1.165, 1.54) is 18.7 Å². The second-order valence-corrected chi connectivity index (χ2v) is 12.3. The molecule has 2 aliphatic rings. The van der Waals surface area contributed by atoms with Crippen molar-refractivity contribution in [2.75, 3.05) is 17.2 Å². The Kier molecular flexibility index (Phi) is 8.22. The summed E-state index contributed by atoms with van der Waals surface area (Å²) in [5, 5.41) is 26.8. The predicted molar refractivity (Wildman–Crippen MR) is 156 cm³/mol. The van der Waals surface area contributed by atoms with Crippen molar-refractivity contribution in [3.63, 3.8) is 0 Å². The number of thiazole rings is 1. The van der Waals surface area contributed by atoms with Gasteiger partial charge in [-0.25, -0.2) is 9.78 Å². The number of pyridine rings is 1. The van der Waals surface area contributed by atoms with Crippen molar-refractivity contribution in [3.8, 4) is 0 Å². The molecule has 5 rings (SSSR count). The van der Waals surface area contributed by atoms with E-state index in [9.17, 15) is 24.3 Å². The zero-order valence-corrected chi connectivity index (χ0v) is 25.0. The van der Waals surface area contributed by atoms with Crippen molar-refractivity contribution in [2.45, 2.75) is 44.5 Å². The van der Waals surface area contributed by atoms with Gasteiger partial charge in [0.1, 0.15) is 32.8 Å². The van der Waals surface area contributed by atoms with Crippen molar-refractivity contribution in [3.05, 3.63) is 45.7 Å². The average Bonchev–Trinajstić information content (AvgIpc) is 3.47. The van der Waals surface area contributed by atoms with Crippen LogP contribution in [-0.4, -0.2) is 72.3 Å². The largest absolute Gasteiger partial charge is 0.543 e. The van der Waals surface area contributed by atoms with Crippen LogP contribution >= 0.6 is 34.7 Å². The van der Waals surface area contributed by atoms with Crippen molar-refractivity contribution in [1.82, 2.24) is 19.8 Å². The number of oxime groups is 1. The molecule has 2 amide bonds. The molecule has 3 aromatic rings. The van der Waals surface area contributed by atoms with Crippen LogP contribution < -0.4 is 26.5 Å². The van der Waals surface area contributed by atoms with Gasteiger partial charge in [-0.05, 0) is 19.9 Å². The summed E-state index contributed by atoms with van der Waals surface area (Å²) in [5.41, 5.74) is 13.0. The monoisotopic (exact) mass is 648 g/mol. The number of thioether (sulfide) groups is 1. The molecule has 15 nitrogen and oxygen atoms in total. The number of aliphatic carboxylic acids is 2. The van der Waals surface area contributed by atoms with Crippen molar-refractivity contribution >= 4 is 86.1 Å². The van der Waals surface area contributed by atoms with Crippen molar-refractivity contribution in [2.24, 2.45) is 5.16 Å². The van der Waals surface area contributed by atoms with Gasteiger partial charge < -0.3 is 41.2 Å². The van der Waals surface area contributed by atoms with Crippen molar-refractivity contribution in [1.29, 1.82) is 0 Å². The number of halogens is 1. The molecule has 0 spiro atoms. The van der Waals surface area contributed by atoms with E-state index in [0.29, 0.717) is 17.9 Å². The summed E-state index contributed by atoms with van der Waals surface area (Å²) < 4.78 is 3.77. The Hall–Kier alpha value is -4.35. The number of nitrogen functional groups attached to an aromatic ring is 2. The Morgan fingerprint density at radius 3 is 2.77 bits per heavy atom. The number of nitrogens with two attached hydrogens (primary N) is 2. The maximum absolute atomic E-state index is 13.3. The number of hydrogen-bond donors (Lipinski definition) is 4. The Morgan fingerprint density at radius 2 is 2.14 bits per heavy atom. The second-order valence-electron chi connectivity index (χ2n) is 9.52. The minimum atomic E-state index is -1.53. The molecule has 43 heavy (non-hydrogen) atoms. The summed E-state index contributed by atoms with van der Waals surface area (Å²) in [6.07, 6.45) is 0.381. The zero-order valence-electron chi connectivity index (χ0n) is 22.6. The number of hydrogen-bond acceptors (Lipinski definition) is 12. The lowest BCUT2D eigenvalue weighted by Crippen LogP contribution is -2.71. The fourth-order valence-electron chi connectivity index (χ4n) is 4.82. The van der Waals surface area contributed by atoms with Gasteiger partial charge in [-0.3, -0.25) is 14.5 Å². The molecule has 0 aromatic carbocycles. The fourth-order valence-corrected chi connectivity index (χ4v) is 7.09. The number of rotatable bonds is 10. The van der Waals surface area contributed by atoms with E-state index in [4.69, 9.17) is 33.0 Å². The van der Waals surface area contributed by atoms with E-state index in [1.54, 1.807) is 12.3 Å². The van der Waals surface area contributed by atoms with Gasteiger partial charge in [-0.15, -0.1) is 11.8 Å². The zero-order chi connectivity index (χ0) is 31.2. The topological polar surface area (TPSA) is 222 Å². The van der Waals surface area contributed by atoms with Gasteiger partial charge in [-0.1, -0.05) is 28.1 Å². The first-order chi connectivity index (χ1) is 20.4. The molecule has 6 N–H and O–H groups in total. The quantitative estimate of drug-likeness (QED) is 0.0951. The Labute approximate surface area is 256 Å². The number of carboxylic acid groups (broad SMARTS) is 2. The van der Waals surface area contributed by atoms with E-state index in [2.05, 4.69) is 15.5 Å². The van der Waals surface area contributed by atoms with Crippen LogP contribution in [-0.2, 0) is 37.1 Å². The number of amides is 2. The minimum Gasteiger partial charge on any atom is -0.543 e. The summed E-state index contributed by atoms with van der Waals surface area (Å²) in [5.74, 6) is -3.71. The molecule has 3 atom stereocenters. The van der Waals surface area contributed by atoms with Crippen LogP contribution in [0.4, 0.5) is 10.9 Å². The highest BCUT2D eigenvalue weighted by Crippen LogP contribution is 2.40. The van der Waals surface area contributed by atoms with Gasteiger partial charge in [-0.2, -0.15) is 4.57 Å². The minimum absolute atomic E-state index is 0.0121. The molecule has 3 aromatic heterocycles. The highest BCUT2D eigenvalue weighted by atomic mass is 35.5. The Bertz CT molecular complexity index is 1740. The number of anilines is 2. The lowest BCUT2D eigenvalue weighted by molar-refractivity contribution is -0.663. The maximum Gasteiger partial charge on any atom is 0.347 e. The number of nitrogens with one attached hydrogen (secondary N) is 1. The maximum atomic E-state index is 13.3. The SMILES string of the molecule is CCn1c(N)cc2c1ccc[n+]2CC1=C(C(=O)[O-])N2C(=O)[C@@H](NC(=O)/C(=N\O[C@@H](C)C(=O)O)c3nc(N)sc3Cl)C2SC1. The van der Waals surface area contributed by atoms with Crippen LogP contribution in [0.25, 0.3) is 11.0 Å². The summed E-state index contributed by atoms with van der Waals surface area (Å²) in [4.78, 5) is 60.0. The van der Waals surface area contributed by atoms with Gasteiger partial charge in [0, 0.05) is 23.9 Å². The molecule has 0 saturated carbocycles.